The number of nitro benzene ring substituents is 1. The molecule has 2 rings (SSSR count). The summed E-state index contributed by atoms with van der Waals surface area (Å²) in [5.41, 5.74) is 0.00537. The van der Waals surface area contributed by atoms with E-state index in [0.717, 1.165) is 6.07 Å². The first-order chi connectivity index (χ1) is 9.08. The summed E-state index contributed by atoms with van der Waals surface area (Å²) in [5.74, 6) is 0.162. The van der Waals surface area contributed by atoms with Gasteiger partial charge >= 0.3 is 0 Å². The number of aromatic nitrogens is 3. The van der Waals surface area contributed by atoms with Gasteiger partial charge in [0, 0.05) is 25.1 Å². The molecule has 19 heavy (non-hydrogen) atoms. The van der Waals surface area contributed by atoms with E-state index in [4.69, 9.17) is 0 Å². The average molecular weight is 377 g/mol. The van der Waals surface area contributed by atoms with Crippen LogP contribution in [0, 0.1) is 19.5 Å². The first-order valence-electron chi connectivity index (χ1n) is 5.29. The van der Waals surface area contributed by atoms with E-state index in [-0.39, 0.29) is 14.9 Å². The fraction of sp³-hybridized carbons (Fsp3) is 0.200. The van der Waals surface area contributed by atoms with Crippen molar-refractivity contribution in [2.75, 3.05) is 11.9 Å². The Balaban J connectivity index is 2.10. The Kier molecular flexibility index (Phi) is 4.24. The predicted octanol–water partition coefficient (Wildman–Crippen LogP) is 2.11. The van der Waals surface area contributed by atoms with Crippen molar-refractivity contribution < 1.29 is 9.31 Å². The average Bonchev–Trinajstić information content (AvgIpc) is 2.86. The number of H-pyrrole nitrogens is 1. The molecule has 9 heteroatoms. The maximum absolute atomic E-state index is 13.4. The SMILES string of the molecule is O=[N+]([O-])c1cc(I)c(F)cc1NCCc1ncn[nH]1. The summed E-state index contributed by atoms with van der Waals surface area (Å²) in [6.45, 7) is 0.385. The minimum Gasteiger partial charge on any atom is -0.379 e. The van der Waals surface area contributed by atoms with E-state index in [9.17, 15) is 14.5 Å². The molecule has 1 aromatic carbocycles. The Morgan fingerprint density at radius 2 is 2.32 bits per heavy atom. The molecule has 0 spiro atoms. The van der Waals surface area contributed by atoms with Gasteiger partial charge in [0.05, 0.1) is 8.49 Å². The molecular weight excluding hydrogens is 368 g/mol. The number of rotatable bonds is 5. The van der Waals surface area contributed by atoms with Gasteiger partial charge in [-0.05, 0) is 22.6 Å². The molecule has 0 atom stereocenters. The summed E-state index contributed by atoms with van der Waals surface area (Å²) in [4.78, 5) is 14.3. The zero-order valence-corrected chi connectivity index (χ0v) is 11.7. The number of benzene rings is 1. The highest BCUT2D eigenvalue weighted by Gasteiger charge is 2.17. The highest BCUT2D eigenvalue weighted by Crippen LogP contribution is 2.28. The van der Waals surface area contributed by atoms with Gasteiger partial charge in [0.1, 0.15) is 23.7 Å². The number of halogens is 2. The quantitative estimate of drug-likeness (QED) is 0.473. The van der Waals surface area contributed by atoms with Crippen molar-refractivity contribution in [3.63, 3.8) is 0 Å². The molecule has 0 amide bonds. The van der Waals surface area contributed by atoms with Crippen LogP contribution >= 0.6 is 22.6 Å². The first-order valence-corrected chi connectivity index (χ1v) is 6.37. The molecule has 2 aromatic rings. The highest BCUT2D eigenvalue weighted by molar-refractivity contribution is 14.1. The lowest BCUT2D eigenvalue weighted by Gasteiger charge is -2.07. The van der Waals surface area contributed by atoms with Gasteiger partial charge in [-0.2, -0.15) is 5.10 Å². The Morgan fingerprint density at radius 3 is 2.95 bits per heavy atom. The monoisotopic (exact) mass is 377 g/mol. The lowest BCUT2D eigenvalue weighted by atomic mass is 10.2. The van der Waals surface area contributed by atoms with Crippen LogP contribution < -0.4 is 5.32 Å². The fourth-order valence-electron chi connectivity index (χ4n) is 1.50. The van der Waals surface area contributed by atoms with Crippen molar-refractivity contribution in [3.05, 3.63) is 43.8 Å². The van der Waals surface area contributed by atoms with Gasteiger partial charge in [-0.3, -0.25) is 15.2 Å². The third kappa shape index (κ3) is 3.36. The number of anilines is 1. The standard InChI is InChI=1S/C10H9FIN5O2/c11-6-3-8(9(17(18)19)4-7(6)12)13-2-1-10-14-5-15-16-10/h3-5,13H,1-2H2,(H,14,15,16). The van der Waals surface area contributed by atoms with E-state index < -0.39 is 10.7 Å². The summed E-state index contributed by atoms with van der Waals surface area (Å²) < 4.78 is 13.6. The predicted molar refractivity (Wildman–Crippen MR) is 74.3 cm³/mol. The normalized spacial score (nSPS) is 10.4. The Hall–Kier alpha value is -1.78. The van der Waals surface area contributed by atoms with Crippen LogP contribution in [0.4, 0.5) is 15.8 Å². The van der Waals surface area contributed by atoms with Crippen LogP contribution in [0.15, 0.2) is 18.5 Å². The molecule has 0 aliphatic carbocycles. The summed E-state index contributed by atoms with van der Waals surface area (Å²) in [5, 5.41) is 20.1. The molecule has 0 bridgehead atoms. The second kappa shape index (κ2) is 5.91. The van der Waals surface area contributed by atoms with Gasteiger partial charge in [0.25, 0.3) is 5.69 Å². The molecule has 0 saturated carbocycles. The molecule has 100 valence electrons. The third-order valence-electron chi connectivity index (χ3n) is 2.38. The second-order valence-corrected chi connectivity index (χ2v) is 4.81. The van der Waals surface area contributed by atoms with E-state index in [1.807, 2.05) is 0 Å². The summed E-state index contributed by atoms with van der Waals surface area (Å²) in [6.07, 6.45) is 1.88. The number of hydrogen-bond acceptors (Lipinski definition) is 5. The largest absolute Gasteiger partial charge is 0.379 e. The highest BCUT2D eigenvalue weighted by atomic mass is 127. The van der Waals surface area contributed by atoms with Gasteiger partial charge in [-0.15, -0.1) is 0 Å². The molecule has 1 aromatic heterocycles. The van der Waals surface area contributed by atoms with Crippen LogP contribution in [0.1, 0.15) is 5.82 Å². The van der Waals surface area contributed by atoms with Crippen molar-refractivity contribution in [1.82, 2.24) is 15.2 Å². The van der Waals surface area contributed by atoms with Crippen molar-refractivity contribution in [1.29, 1.82) is 0 Å². The third-order valence-corrected chi connectivity index (χ3v) is 3.20. The lowest BCUT2D eigenvalue weighted by Crippen LogP contribution is -2.08. The van der Waals surface area contributed by atoms with Crippen molar-refractivity contribution in [2.24, 2.45) is 0 Å². The van der Waals surface area contributed by atoms with Crippen molar-refractivity contribution in [2.45, 2.75) is 6.42 Å². The topological polar surface area (TPSA) is 96.7 Å². The Labute approximate surface area is 120 Å². The minimum absolute atomic E-state index is 0.150. The molecule has 0 aliphatic heterocycles. The molecule has 0 fully saturated rings. The van der Waals surface area contributed by atoms with Crippen LogP contribution in [-0.4, -0.2) is 26.6 Å². The van der Waals surface area contributed by atoms with Crippen LogP contribution in [0.25, 0.3) is 0 Å². The molecular formula is C10H9FIN5O2. The lowest BCUT2D eigenvalue weighted by molar-refractivity contribution is -0.384. The summed E-state index contributed by atoms with van der Waals surface area (Å²) in [7, 11) is 0. The zero-order valence-electron chi connectivity index (χ0n) is 9.56. The van der Waals surface area contributed by atoms with Crippen molar-refractivity contribution >= 4 is 34.0 Å². The number of hydrogen-bond donors (Lipinski definition) is 2. The molecule has 0 aliphatic rings. The van der Waals surface area contributed by atoms with Gasteiger partial charge < -0.3 is 5.32 Å². The molecule has 0 radical (unpaired) electrons. The number of nitrogens with one attached hydrogen (secondary N) is 2. The Morgan fingerprint density at radius 1 is 1.53 bits per heavy atom. The molecule has 7 nitrogen and oxygen atoms in total. The van der Waals surface area contributed by atoms with E-state index in [1.165, 1.54) is 12.4 Å². The minimum atomic E-state index is -0.543. The van der Waals surface area contributed by atoms with Gasteiger partial charge in [0.15, 0.2) is 0 Å². The maximum Gasteiger partial charge on any atom is 0.293 e. The van der Waals surface area contributed by atoms with Crippen LogP contribution in [0.5, 0.6) is 0 Å². The molecule has 0 unspecified atom stereocenters. The van der Waals surface area contributed by atoms with E-state index in [1.54, 1.807) is 22.6 Å². The van der Waals surface area contributed by atoms with Crippen molar-refractivity contribution in [3.8, 4) is 0 Å². The van der Waals surface area contributed by atoms with Crippen LogP contribution in [-0.2, 0) is 6.42 Å². The molecule has 1 heterocycles. The number of aromatic amines is 1. The van der Waals surface area contributed by atoms with Gasteiger partial charge in [-0.25, -0.2) is 9.37 Å². The summed E-state index contributed by atoms with van der Waals surface area (Å²) >= 11 is 1.72. The molecule has 2 N–H and O–H groups in total. The van der Waals surface area contributed by atoms with Crippen LogP contribution in [0.3, 0.4) is 0 Å². The summed E-state index contributed by atoms with van der Waals surface area (Å²) in [6, 6.07) is 2.33. The zero-order chi connectivity index (χ0) is 13.8. The Bertz CT molecular complexity index is 590. The maximum atomic E-state index is 13.4. The van der Waals surface area contributed by atoms with E-state index in [2.05, 4.69) is 20.5 Å². The van der Waals surface area contributed by atoms with Gasteiger partial charge in [-0.1, -0.05) is 0 Å². The van der Waals surface area contributed by atoms with E-state index in [0.29, 0.717) is 18.8 Å². The smallest absolute Gasteiger partial charge is 0.293 e. The van der Waals surface area contributed by atoms with E-state index >= 15 is 0 Å². The first kappa shape index (κ1) is 13.6. The second-order valence-electron chi connectivity index (χ2n) is 3.65. The van der Waals surface area contributed by atoms with Gasteiger partial charge in [0.2, 0.25) is 0 Å². The van der Waals surface area contributed by atoms with Crippen LogP contribution in [0.2, 0.25) is 0 Å². The fourth-order valence-corrected chi connectivity index (χ4v) is 1.95. The molecule has 0 saturated heterocycles. The number of nitrogens with zero attached hydrogens (tertiary/aromatic N) is 3. The number of nitro groups is 1.